The van der Waals surface area contributed by atoms with Gasteiger partial charge in [-0.25, -0.2) is 0 Å². The van der Waals surface area contributed by atoms with Crippen molar-refractivity contribution in [2.45, 2.75) is 6.54 Å². The maximum absolute atomic E-state index is 4.87. The third kappa shape index (κ3) is 4.42. The van der Waals surface area contributed by atoms with E-state index in [1.807, 2.05) is 24.9 Å². The van der Waals surface area contributed by atoms with Crippen molar-refractivity contribution in [3.8, 4) is 0 Å². The summed E-state index contributed by atoms with van der Waals surface area (Å²) in [5, 5.41) is 7.37. The molecule has 0 saturated carbocycles. The zero-order valence-electron chi connectivity index (χ0n) is 12.2. The minimum absolute atomic E-state index is 0.864. The zero-order valence-corrected chi connectivity index (χ0v) is 13.0. The average Bonchev–Trinajstić information content (AvgIpc) is 2.98. The topological polar surface area (TPSA) is 56.9 Å². The molecule has 1 aliphatic rings. The fourth-order valence-electron chi connectivity index (χ4n) is 2.26. The minimum atomic E-state index is 0.864. The Hall–Kier alpha value is -1.21. The molecule has 112 valence electrons. The largest absolute Gasteiger partial charge is 0.364 e. The monoisotopic (exact) mass is 297 g/mol. The summed E-state index contributed by atoms with van der Waals surface area (Å²) in [5.74, 6) is 2.12. The number of nitrogens with one attached hydrogen (secondary N) is 1. The van der Waals surface area contributed by atoms with Crippen LogP contribution in [0.5, 0.6) is 0 Å². The SMILES string of the molecule is CN=C(NCCSC)N1CCN(Cc2ccon2)CC1. The Morgan fingerprint density at radius 2 is 2.25 bits per heavy atom. The Morgan fingerprint density at radius 3 is 2.85 bits per heavy atom. The molecule has 7 heteroatoms. The lowest BCUT2D eigenvalue weighted by atomic mass is 10.3. The maximum Gasteiger partial charge on any atom is 0.193 e. The molecule has 0 aromatic carbocycles. The lowest BCUT2D eigenvalue weighted by Crippen LogP contribution is -2.52. The average molecular weight is 297 g/mol. The lowest BCUT2D eigenvalue weighted by molar-refractivity contribution is 0.169. The second-order valence-corrected chi connectivity index (χ2v) is 5.71. The first kappa shape index (κ1) is 15.2. The van der Waals surface area contributed by atoms with Crippen LogP contribution in [0.1, 0.15) is 5.69 Å². The van der Waals surface area contributed by atoms with Crippen molar-refractivity contribution in [1.82, 2.24) is 20.3 Å². The van der Waals surface area contributed by atoms with Gasteiger partial charge in [0.05, 0.1) is 5.69 Å². The van der Waals surface area contributed by atoms with Gasteiger partial charge in [0.15, 0.2) is 5.96 Å². The highest BCUT2D eigenvalue weighted by molar-refractivity contribution is 7.98. The fraction of sp³-hybridized carbons (Fsp3) is 0.692. The number of rotatable bonds is 5. The second kappa shape index (κ2) is 8.16. The molecule has 6 nitrogen and oxygen atoms in total. The number of hydrogen-bond donors (Lipinski definition) is 1. The van der Waals surface area contributed by atoms with E-state index in [0.29, 0.717) is 0 Å². The van der Waals surface area contributed by atoms with Crippen molar-refractivity contribution in [2.24, 2.45) is 4.99 Å². The Kier molecular flexibility index (Phi) is 6.20. The van der Waals surface area contributed by atoms with Crippen molar-refractivity contribution in [1.29, 1.82) is 0 Å². The third-order valence-electron chi connectivity index (χ3n) is 3.35. The van der Waals surface area contributed by atoms with E-state index in [9.17, 15) is 0 Å². The van der Waals surface area contributed by atoms with Crippen LogP contribution >= 0.6 is 11.8 Å². The van der Waals surface area contributed by atoms with Crippen LogP contribution in [0.3, 0.4) is 0 Å². The number of aromatic nitrogens is 1. The number of hydrogen-bond acceptors (Lipinski definition) is 5. The van der Waals surface area contributed by atoms with E-state index in [1.165, 1.54) is 0 Å². The predicted molar refractivity (Wildman–Crippen MR) is 83.1 cm³/mol. The van der Waals surface area contributed by atoms with Crippen LogP contribution in [0, 0.1) is 0 Å². The van der Waals surface area contributed by atoms with E-state index >= 15 is 0 Å². The highest BCUT2D eigenvalue weighted by Gasteiger charge is 2.19. The standard InChI is InChI=1S/C13H23N5OS/c1-14-13(15-4-10-20-2)18-7-5-17(6-8-18)11-12-3-9-19-16-12/h3,9H,4-8,10-11H2,1-2H3,(H,14,15). The molecular weight excluding hydrogens is 274 g/mol. The Labute approximate surface area is 124 Å². The normalized spacial score (nSPS) is 17.5. The first-order valence-electron chi connectivity index (χ1n) is 6.89. The molecule has 0 atom stereocenters. The molecule has 1 fully saturated rings. The Balaban J connectivity index is 1.75. The van der Waals surface area contributed by atoms with Crippen LogP contribution in [0.25, 0.3) is 0 Å². The highest BCUT2D eigenvalue weighted by Crippen LogP contribution is 2.07. The smallest absolute Gasteiger partial charge is 0.193 e. The molecule has 1 aromatic heterocycles. The molecule has 0 unspecified atom stereocenters. The van der Waals surface area contributed by atoms with Crippen molar-refractivity contribution < 1.29 is 4.52 Å². The van der Waals surface area contributed by atoms with Crippen LogP contribution in [0.15, 0.2) is 21.8 Å². The van der Waals surface area contributed by atoms with Crippen molar-refractivity contribution in [3.63, 3.8) is 0 Å². The Bertz CT molecular complexity index is 401. The first-order chi connectivity index (χ1) is 9.83. The molecular formula is C13H23N5OS. The molecule has 1 aromatic rings. The summed E-state index contributed by atoms with van der Waals surface area (Å²) >= 11 is 1.84. The van der Waals surface area contributed by atoms with Gasteiger partial charge in [-0.05, 0) is 6.26 Å². The summed E-state index contributed by atoms with van der Waals surface area (Å²) in [7, 11) is 1.85. The zero-order chi connectivity index (χ0) is 14.2. The van der Waals surface area contributed by atoms with E-state index in [2.05, 4.69) is 31.5 Å². The van der Waals surface area contributed by atoms with E-state index in [-0.39, 0.29) is 0 Å². The summed E-state index contributed by atoms with van der Waals surface area (Å²) in [6.45, 7) is 5.87. The van der Waals surface area contributed by atoms with Crippen LogP contribution in [0.2, 0.25) is 0 Å². The molecule has 0 aliphatic carbocycles. The molecule has 1 aliphatic heterocycles. The molecule has 1 saturated heterocycles. The van der Waals surface area contributed by atoms with Crippen molar-refractivity contribution in [2.75, 3.05) is 51.8 Å². The number of nitrogens with zero attached hydrogens (tertiary/aromatic N) is 4. The molecule has 0 amide bonds. The maximum atomic E-state index is 4.87. The van der Waals surface area contributed by atoms with Crippen LogP contribution < -0.4 is 5.32 Å². The molecule has 0 radical (unpaired) electrons. The van der Waals surface area contributed by atoms with Gasteiger partial charge in [-0.3, -0.25) is 9.89 Å². The summed E-state index contributed by atoms with van der Waals surface area (Å²) in [4.78, 5) is 9.07. The van der Waals surface area contributed by atoms with Crippen LogP contribution in [-0.4, -0.2) is 72.7 Å². The first-order valence-corrected chi connectivity index (χ1v) is 8.29. The van der Waals surface area contributed by atoms with E-state index < -0.39 is 0 Å². The van der Waals surface area contributed by atoms with Crippen molar-refractivity contribution >= 4 is 17.7 Å². The summed E-state index contributed by atoms with van der Waals surface area (Å²) < 4.78 is 4.87. The summed E-state index contributed by atoms with van der Waals surface area (Å²) in [6, 6.07) is 1.93. The van der Waals surface area contributed by atoms with Gasteiger partial charge in [0.25, 0.3) is 0 Å². The van der Waals surface area contributed by atoms with Gasteiger partial charge < -0.3 is 14.7 Å². The number of aliphatic imine (C=N–C) groups is 1. The molecule has 2 heterocycles. The second-order valence-electron chi connectivity index (χ2n) is 4.72. The predicted octanol–water partition coefficient (Wildman–Crippen LogP) is 0.731. The molecule has 1 N–H and O–H groups in total. The van der Waals surface area contributed by atoms with E-state index in [4.69, 9.17) is 4.52 Å². The molecule has 20 heavy (non-hydrogen) atoms. The highest BCUT2D eigenvalue weighted by atomic mass is 32.2. The summed E-state index contributed by atoms with van der Waals surface area (Å²) in [6.07, 6.45) is 3.75. The van der Waals surface area contributed by atoms with Gasteiger partial charge in [0.1, 0.15) is 6.26 Å². The van der Waals surface area contributed by atoms with Crippen molar-refractivity contribution in [3.05, 3.63) is 18.0 Å². The molecule has 2 rings (SSSR count). The fourth-order valence-corrected chi connectivity index (χ4v) is 2.57. The quantitative estimate of drug-likeness (QED) is 0.491. The summed E-state index contributed by atoms with van der Waals surface area (Å²) in [5.41, 5.74) is 1.00. The van der Waals surface area contributed by atoms with Crippen LogP contribution in [0.4, 0.5) is 0 Å². The molecule has 0 spiro atoms. The lowest BCUT2D eigenvalue weighted by Gasteiger charge is -2.36. The number of thioether (sulfide) groups is 1. The van der Waals surface area contributed by atoms with Gasteiger partial charge in [-0.2, -0.15) is 11.8 Å². The number of piperazine rings is 1. The van der Waals surface area contributed by atoms with Gasteiger partial charge >= 0.3 is 0 Å². The third-order valence-corrected chi connectivity index (χ3v) is 3.96. The number of guanidine groups is 1. The van der Waals surface area contributed by atoms with Gasteiger partial charge in [-0.15, -0.1) is 0 Å². The van der Waals surface area contributed by atoms with Crippen LogP contribution in [-0.2, 0) is 6.54 Å². The Morgan fingerprint density at radius 1 is 1.45 bits per heavy atom. The molecule has 0 bridgehead atoms. The van der Waals surface area contributed by atoms with Gasteiger partial charge in [0, 0.05) is 58.1 Å². The van der Waals surface area contributed by atoms with E-state index in [1.54, 1.807) is 6.26 Å². The van der Waals surface area contributed by atoms with E-state index in [0.717, 1.165) is 56.7 Å². The van der Waals surface area contributed by atoms with Gasteiger partial charge in [-0.1, -0.05) is 5.16 Å². The minimum Gasteiger partial charge on any atom is -0.364 e. The van der Waals surface area contributed by atoms with Gasteiger partial charge in [0.2, 0.25) is 0 Å².